The van der Waals surface area contributed by atoms with Gasteiger partial charge in [0.1, 0.15) is 11.3 Å². The van der Waals surface area contributed by atoms with Crippen molar-refractivity contribution in [1.29, 1.82) is 0 Å². The second-order valence-corrected chi connectivity index (χ2v) is 4.73. The number of phenolic OH excluding ortho intramolecular Hbond substituents is 1. The zero-order valence-electron chi connectivity index (χ0n) is 10.6. The molecular weight excluding hydrogens is 250 g/mol. The lowest BCUT2D eigenvalue weighted by Gasteiger charge is -1.99. The Morgan fingerprint density at radius 3 is 2.60 bits per heavy atom. The molecule has 1 aromatic heterocycles. The van der Waals surface area contributed by atoms with Gasteiger partial charge in [-0.3, -0.25) is 0 Å². The van der Waals surface area contributed by atoms with E-state index >= 15 is 0 Å². The number of rotatable bonds is 1. The molecule has 0 fully saturated rings. The highest BCUT2D eigenvalue weighted by Crippen LogP contribution is 2.28. The molecule has 0 aliphatic heterocycles. The Morgan fingerprint density at radius 1 is 0.850 bits per heavy atom. The molecule has 1 heterocycles. The van der Waals surface area contributed by atoms with E-state index in [1.54, 1.807) is 18.2 Å². The predicted molar refractivity (Wildman–Crippen MR) is 78.6 cm³/mol. The molecule has 0 spiro atoms. The highest BCUT2D eigenvalue weighted by atomic mass is 16.3. The van der Waals surface area contributed by atoms with Gasteiger partial charge < -0.3 is 9.52 Å². The number of oxazole rings is 1. The van der Waals surface area contributed by atoms with Gasteiger partial charge in [-0.25, -0.2) is 4.98 Å². The third-order valence-electron chi connectivity index (χ3n) is 3.37. The van der Waals surface area contributed by atoms with Crippen LogP contribution in [0.1, 0.15) is 0 Å². The SMILES string of the molecule is Oc1ccc2oc(-c3ccc4ccccc4c3)nc2c1. The molecule has 3 aromatic carbocycles. The number of hydrogen-bond acceptors (Lipinski definition) is 3. The molecule has 0 aliphatic rings. The minimum absolute atomic E-state index is 0.191. The topological polar surface area (TPSA) is 46.3 Å². The molecule has 4 rings (SSSR count). The van der Waals surface area contributed by atoms with Crippen molar-refractivity contribution in [3.8, 4) is 17.2 Å². The molecule has 0 aliphatic carbocycles. The van der Waals surface area contributed by atoms with Gasteiger partial charge in [0.15, 0.2) is 5.58 Å². The lowest BCUT2D eigenvalue weighted by molar-refractivity contribution is 0.476. The Balaban J connectivity index is 1.91. The summed E-state index contributed by atoms with van der Waals surface area (Å²) in [6, 6.07) is 19.2. The number of nitrogens with zero attached hydrogens (tertiary/aromatic N) is 1. The standard InChI is InChI=1S/C17H11NO2/c19-14-7-8-16-15(10-14)18-17(20-16)13-6-5-11-3-1-2-4-12(11)9-13/h1-10,19H. The molecule has 3 heteroatoms. The van der Waals surface area contributed by atoms with Crippen LogP contribution in [0.15, 0.2) is 65.1 Å². The summed E-state index contributed by atoms with van der Waals surface area (Å²) in [6.07, 6.45) is 0. The van der Waals surface area contributed by atoms with Gasteiger partial charge in [-0.05, 0) is 35.0 Å². The smallest absolute Gasteiger partial charge is 0.227 e. The molecule has 0 saturated carbocycles. The molecule has 96 valence electrons. The fourth-order valence-electron chi connectivity index (χ4n) is 2.36. The second-order valence-electron chi connectivity index (χ2n) is 4.73. The van der Waals surface area contributed by atoms with Crippen LogP contribution in [0.5, 0.6) is 5.75 Å². The normalized spacial score (nSPS) is 11.2. The van der Waals surface area contributed by atoms with Crippen LogP contribution >= 0.6 is 0 Å². The van der Waals surface area contributed by atoms with Crippen LogP contribution in [-0.2, 0) is 0 Å². The predicted octanol–water partition coefficient (Wildman–Crippen LogP) is 4.35. The van der Waals surface area contributed by atoms with E-state index in [0.717, 1.165) is 10.9 Å². The summed E-state index contributed by atoms with van der Waals surface area (Å²) in [5.74, 6) is 0.757. The summed E-state index contributed by atoms with van der Waals surface area (Å²) in [5.41, 5.74) is 2.26. The van der Waals surface area contributed by atoms with Crippen molar-refractivity contribution in [2.75, 3.05) is 0 Å². The Morgan fingerprint density at radius 2 is 1.70 bits per heavy atom. The van der Waals surface area contributed by atoms with E-state index in [2.05, 4.69) is 29.2 Å². The van der Waals surface area contributed by atoms with Crippen molar-refractivity contribution in [3.63, 3.8) is 0 Å². The number of aromatic nitrogens is 1. The third kappa shape index (κ3) is 1.72. The zero-order valence-corrected chi connectivity index (χ0v) is 10.6. The van der Waals surface area contributed by atoms with E-state index in [1.807, 2.05) is 18.2 Å². The minimum Gasteiger partial charge on any atom is -0.508 e. The van der Waals surface area contributed by atoms with Crippen molar-refractivity contribution in [2.45, 2.75) is 0 Å². The molecule has 3 nitrogen and oxygen atoms in total. The summed E-state index contributed by atoms with van der Waals surface area (Å²) in [5, 5.41) is 11.8. The lowest BCUT2D eigenvalue weighted by Crippen LogP contribution is -1.78. The second kappa shape index (κ2) is 4.10. The van der Waals surface area contributed by atoms with Gasteiger partial charge in [-0.2, -0.15) is 0 Å². The van der Waals surface area contributed by atoms with Crippen LogP contribution in [0.25, 0.3) is 33.3 Å². The lowest BCUT2D eigenvalue weighted by atomic mass is 10.1. The molecule has 0 unspecified atom stereocenters. The van der Waals surface area contributed by atoms with Gasteiger partial charge in [-0.1, -0.05) is 30.3 Å². The van der Waals surface area contributed by atoms with Crippen molar-refractivity contribution >= 4 is 21.9 Å². The number of fused-ring (bicyclic) bond motifs is 2. The first-order valence-electron chi connectivity index (χ1n) is 6.38. The van der Waals surface area contributed by atoms with E-state index in [9.17, 15) is 5.11 Å². The first kappa shape index (κ1) is 11.1. The van der Waals surface area contributed by atoms with E-state index in [-0.39, 0.29) is 5.75 Å². The van der Waals surface area contributed by atoms with E-state index < -0.39 is 0 Å². The van der Waals surface area contributed by atoms with Crippen molar-refractivity contribution < 1.29 is 9.52 Å². The van der Waals surface area contributed by atoms with Crippen LogP contribution in [0.2, 0.25) is 0 Å². The van der Waals surface area contributed by atoms with Gasteiger partial charge in [0.2, 0.25) is 5.89 Å². The molecule has 20 heavy (non-hydrogen) atoms. The molecule has 0 saturated heterocycles. The molecule has 0 atom stereocenters. The Bertz CT molecular complexity index is 924. The summed E-state index contributed by atoms with van der Waals surface area (Å²) in [7, 11) is 0. The number of aromatic hydroxyl groups is 1. The first-order valence-corrected chi connectivity index (χ1v) is 6.38. The number of hydrogen-bond donors (Lipinski definition) is 1. The third-order valence-corrected chi connectivity index (χ3v) is 3.37. The largest absolute Gasteiger partial charge is 0.508 e. The molecule has 4 aromatic rings. The van der Waals surface area contributed by atoms with Crippen molar-refractivity contribution in [3.05, 3.63) is 60.7 Å². The highest BCUT2D eigenvalue weighted by molar-refractivity contribution is 5.87. The summed E-state index contributed by atoms with van der Waals surface area (Å²) >= 11 is 0. The molecule has 0 bridgehead atoms. The van der Waals surface area contributed by atoms with E-state index in [0.29, 0.717) is 17.0 Å². The van der Waals surface area contributed by atoms with Gasteiger partial charge in [0.25, 0.3) is 0 Å². The summed E-state index contributed by atoms with van der Waals surface area (Å²) in [6.45, 7) is 0. The molecule has 1 N–H and O–H groups in total. The minimum atomic E-state index is 0.191. The first-order chi connectivity index (χ1) is 9.79. The van der Waals surface area contributed by atoms with Crippen LogP contribution in [0.3, 0.4) is 0 Å². The monoisotopic (exact) mass is 261 g/mol. The zero-order chi connectivity index (χ0) is 13.5. The summed E-state index contributed by atoms with van der Waals surface area (Å²) in [4.78, 5) is 4.42. The fraction of sp³-hybridized carbons (Fsp3) is 0. The summed E-state index contributed by atoms with van der Waals surface area (Å²) < 4.78 is 5.74. The van der Waals surface area contributed by atoms with Gasteiger partial charge >= 0.3 is 0 Å². The quantitative estimate of drug-likeness (QED) is 0.554. The van der Waals surface area contributed by atoms with Crippen LogP contribution in [0, 0.1) is 0 Å². The maximum Gasteiger partial charge on any atom is 0.227 e. The number of benzene rings is 3. The van der Waals surface area contributed by atoms with Crippen LogP contribution in [0.4, 0.5) is 0 Å². The van der Waals surface area contributed by atoms with E-state index in [4.69, 9.17) is 4.42 Å². The van der Waals surface area contributed by atoms with Crippen molar-refractivity contribution in [2.24, 2.45) is 0 Å². The number of phenols is 1. The maximum absolute atomic E-state index is 9.47. The average Bonchev–Trinajstić information content (AvgIpc) is 2.89. The van der Waals surface area contributed by atoms with E-state index in [1.165, 1.54) is 5.39 Å². The van der Waals surface area contributed by atoms with Crippen LogP contribution in [-0.4, -0.2) is 10.1 Å². The van der Waals surface area contributed by atoms with Gasteiger partial charge in [0, 0.05) is 11.6 Å². The Labute approximate surface area is 115 Å². The van der Waals surface area contributed by atoms with Crippen molar-refractivity contribution in [1.82, 2.24) is 4.98 Å². The molecule has 0 amide bonds. The molecule has 0 radical (unpaired) electrons. The Kier molecular flexibility index (Phi) is 2.27. The van der Waals surface area contributed by atoms with Crippen LogP contribution < -0.4 is 0 Å². The Hall–Kier alpha value is -2.81. The average molecular weight is 261 g/mol. The maximum atomic E-state index is 9.47. The molecular formula is C17H11NO2. The van der Waals surface area contributed by atoms with Gasteiger partial charge in [-0.15, -0.1) is 0 Å². The highest BCUT2D eigenvalue weighted by Gasteiger charge is 2.09. The fourth-order valence-corrected chi connectivity index (χ4v) is 2.36. The van der Waals surface area contributed by atoms with Gasteiger partial charge in [0.05, 0.1) is 0 Å².